The largest absolute Gasteiger partial charge is 0.466 e. The van der Waals surface area contributed by atoms with Crippen molar-refractivity contribution < 1.29 is 19.5 Å². The van der Waals surface area contributed by atoms with E-state index in [9.17, 15) is 9.59 Å². The normalized spacial score (nSPS) is 8.00. The average molecular weight is 164 g/mol. The van der Waals surface area contributed by atoms with Crippen molar-refractivity contribution in [2.45, 2.75) is 0 Å². The number of nitrogens with one attached hydrogen (secondary N) is 2. The van der Waals surface area contributed by atoms with Gasteiger partial charge < -0.3 is 14.8 Å². The maximum Gasteiger partial charge on any atom is 0.169 e. The van der Waals surface area contributed by atoms with Crippen molar-refractivity contribution in [1.29, 1.82) is 0 Å². The third-order valence-electron chi connectivity index (χ3n) is 0.571. The summed E-state index contributed by atoms with van der Waals surface area (Å²) in [5.74, 6) is 0. The smallest absolute Gasteiger partial charge is 0.169 e. The Labute approximate surface area is 57.1 Å². The van der Waals surface area contributed by atoms with Crippen molar-refractivity contribution in [2.24, 2.45) is 0 Å². The summed E-state index contributed by atoms with van der Waals surface area (Å²) in [5.41, 5.74) is -0.838. The molecule has 1 heterocycles. The molecular weight excluding hydrogens is 161 g/mol. The molecule has 0 atom stereocenters. The minimum Gasteiger partial charge on any atom is -0.466 e. The molecule has 0 radical (unpaired) electrons. The quantitative estimate of drug-likeness (QED) is 0.373. The zero-order valence-electron chi connectivity index (χ0n) is 4.10. The van der Waals surface area contributed by atoms with Crippen LogP contribution in [0.1, 0.15) is 0 Å². The minimum absolute atomic E-state index is 0. The Morgan fingerprint density at radius 3 is 2.12 bits per heavy atom. The molecule has 40 valence electrons. The fourth-order valence-corrected chi connectivity index (χ4v) is 0.315. The van der Waals surface area contributed by atoms with E-state index in [2.05, 4.69) is 4.98 Å². The summed E-state index contributed by atoms with van der Waals surface area (Å²) in [7, 11) is 0. The molecule has 8 heavy (non-hydrogen) atoms. The van der Waals surface area contributed by atoms with E-state index >= 15 is 0 Å². The second kappa shape index (κ2) is 2.67. The van der Waals surface area contributed by atoms with Gasteiger partial charge >= 0.3 is 0 Å². The first-order valence-electron chi connectivity index (χ1n) is 1.74. The van der Waals surface area contributed by atoms with Crippen LogP contribution in [0.15, 0.2) is 15.8 Å². The van der Waals surface area contributed by atoms with Gasteiger partial charge in [-0.05, 0) is 0 Å². The molecular formula is C3H3N2O2Zn-. The van der Waals surface area contributed by atoms with Crippen molar-refractivity contribution in [3.63, 3.8) is 0 Å². The topological polar surface area (TPSA) is 65.7 Å². The summed E-state index contributed by atoms with van der Waals surface area (Å²) in [6, 6.07) is 0. The summed E-state index contributed by atoms with van der Waals surface area (Å²) in [5, 5.41) is 0. The molecule has 0 amide bonds. The van der Waals surface area contributed by atoms with E-state index in [0.29, 0.717) is 0 Å². The van der Waals surface area contributed by atoms with Crippen LogP contribution in [0.2, 0.25) is 0 Å². The zero-order valence-corrected chi connectivity index (χ0v) is 7.07. The van der Waals surface area contributed by atoms with Gasteiger partial charge in [-0.3, -0.25) is 4.79 Å². The average Bonchev–Trinajstić information content (AvgIpc) is 1.87. The molecule has 2 N–H and O–H groups in total. The maximum absolute atomic E-state index is 10.0. The SMILES string of the molecule is O=c1[cH-][nH]c(=O)[nH]1.[Zn]. The minimum atomic E-state index is -0.454. The molecule has 0 spiro atoms. The van der Waals surface area contributed by atoms with Gasteiger partial charge in [0.25, 0.3) is 0 Å². The Kier molecular flexibility index (Phi) is 2.48. The summed E-state index contributed by atoms with van der Waals surface area (Å²) >= 11 is 0. The number of aromatic nitrogens is 2. The van der Waals surface area contributed by atoms with Crippen molar-refractivity contribution >= 4 is 0 Å². The predicted molar refractivity (Wildman–Crippen MR) is 23.3 cm³/mol. The second-order valence-electron chi connectivity index (χ2n) is 1.11. The van der Waals surface area contributed by atoms with Gasteiger partial charge in [-0.1, -0.05) is 6.20 Å². The van der Waals surface area contributed by atoms with Gasteiger partial charge in [0.15, 0.2) is 11.2 Å². The number of imidazole rings is 1. The molecule has 0 unspecified atom stereocenters. The van der Waals surface area contributed by atoms with E-state index in [0.717, 1.165) is 6.20 Å². The predicted octanol–water partition coefficient (Wildman–Crippen LogP) is -1.22. The number of hydrogen-bond donors (Lipinski definition) is 2. The first kappa shape index (κ1) is 7.43. The Morgan fingerprint density at radius 2 is 2.00 bits per heavy atom. The molecule has 0 saturated heterocycles. The first-order valence-corrected chi connectivity index (χ1v) is 1.74. The number of aromatic amines is 2. The third-order valence-corrected chi connectivity index (χ3v) is 0.571. The molecule has 0 bridgehead atoms. The van der Waals surface area contributed by atoms with Crippen LogP contribution in [0.3, 0.4) is 0 Å². The molecule has 0 aliphatic heterocycles. The van der Waals surface area contributed by atoms with Crippen LogP contribution in [-0.4, -0.2) is 9.97 Å². The van der Waals surface area contributed by atoms with Crippen LogP contribution >= 0.6 is 0 Å². The Morgan fingerprint density at radius 1 is 1.38 bits per heavy atom. The van der Waals surface area contributed by atoms with Gasteiger partial charge in [0.05, 0.1) is 0 Å². The van der Waals surface area contributed by atoms with E-state index < -0.39 is 5.69 Å². The van der Waals surface area contributed by atoms with Gasteiger partial charge in [0.1, 0.15) is 0 Å². The molecule has 1 aromatic rings. The molecule has 0 aromatic carbocycles. The number of hydrogen-bond acceptors (Lipinski definition) is 2. The van der Waals surface area contributed by atoms with Gasteiger partial charge in [-0.15, -0.1) is 0 Å². The van der Waals surface area contributed by atoms with Gasteiger partial charge in [-0.2, -0.15) is 0 Å². The van der Waals surface area contributed by atoms with Crippen LogP contribution in [0.4, 0.5) is 0 Å². The molecule has 1 rings (SSSR count). The van der Waals surface area contributed by atoms with Gasteiger partial charge in [0.2, 0.25) is 0 Å². The number of H-pyrrole nitrogens is 2. The van der Waals surface area contributed by atoms with Crippen LogP contribution < -0.4 is 11.2 Å². The van der Waals surface area contributed by atoms with Crippen LogP contribution in [-0.2, 0) is 19.5 Å². The van der Waals surface area contributed by atoms with Crippen LogP contribution in [0.25, 0.3) is 0 Å². The Balaban J connectivity index is 0.000000490. The number of rotatable bonds is 0. The molecule has 0 aliphatic rings. The van der Waals surface area contributed by atoms with E-state index in [1.165, 1.54) is 0 Å². The van der Waals surface area contributed by atoms with Gasteiger partial charge in [0, 0.05) is 19.5 Å². The second-order valence-corrected chi connectivity index (χ2v) is 1.11. The standard InChI is InChI=1S/C3H3N2O2.Zn/c6-2-1-4-3(7)5-2;/h1H,(H2,4,5,6,7);/q-1;. The molecule has 1 aromatic heterocycles. The van der Waals surface area contributed by atoms with E-state index in [1.807, 2.05) is 4.98 Å². The van der Waals surface area contributed by atoms with Crippen LogP contribution in [0, 0.1) is 0 Å². The Bertz CT molecular complexity index is 220. The van der Waals surface area contributed by atoms with E-state index in [4.69, 9.17) is 0 Å². The molecule has 0 aliphatic carbocycles. The van der Waals surface area contributed by atoms with Crippen molar-refractivity contribution in [1.82, 2.24) is 9.97 Å². The molecule has 0 fully saturated rings. The summed E-state index contributed by atoms with van der Waals surface area (Å²) in [6.07, 6.45) is 1.07. The van der Waals surface area contributed by atoms with Crippen LogP contribution in [0.5, 0.6) is 0 Å². The van der Waals surface area contributed by atoms with E-state index in [1.54, 1.807) is 0 Å². The molecule has 4 nitrogen and oxygen atoms in total. The first-order chi connectivity index (χ1) is 3.29. The van der Waals surface area contributed by atoms with E-state index in [-0.39, 0.29) is 25.0 Å². The monoisotopic (exact) mass is 163 g/mol. The fraction of sp³-hybridized carbons (Fsp3) is 0. The van der Waals surface area contributed by atoms with Gasteiger partial charge in [-0.25, -0.2) is 0 Å². The zero-order chi connectivity index (χ0) is 5.28. The summed E-state index contributed by atoms with van der Waals surface area (Å²) in [4.78, 5) is 24.1. The summed E-state index contributed by atoms with van der Waals surface area (Å²) < 4.78 is 0. The third kappa shape index (κ3) is 1.50. The maximum atomic E-state index is 10.0. The van der Waals surface area contributed by atoms with Crippen molar-refractivity contribution in [3.8, 4) is 0 Å². The van der Waals surface area contributed by atoms with Crippen molar-refractivity contribution in [2.75, 3.05) is 0 Å². The van der Waals surface area contributed by atoms with Crippen molar-refractivity contribution in [3.05, 3.63) is 27.0 Å². The molecule has 0 saturated carbocycles. The Hall–Kier alpha value is -0.567. The fourth-order valence-electron chi connectivity index (χ4n) is 0.315. The summed E-state index contributed by atoms with van der Waals surface area (Å²) in [6.45, 7) is 0. The molecule has 5 heteroatoms.